The Balaban J connectivity index is 2.36. The van der Waals surface area contributed by atoms with E-state index < -0.39 is 0 Å². The molecular formula is C12H11ClN2O. The average Bonchev–Trinajstić information content (AvgIpc) is 2.43. The fourth-order valence-electron chi connectivity index (χ4n) is 1.43. The fraction of sp³-hybridized carbons (Fsp3) is 0.167. The molecule has 1 heterocycles. The number of carbonyl (C=O) groups excluding carboxylic acids is 1. The van der Waals surface area contributed by atoms with E-state index in [1.165, 1.54) is 5.01 Å². The van der Waals surface area contributed by atoms with E-state index in [4.69, 9.17) is 11.6 Å². The van der Waals surface area contributed by atoms with Crippen LogP contribution < -0.4 is 0 Å². The van der Waals surface area contributed by atoms with E-state index in [-0.39, 0.29) is 5.91 Å². The van der Waals surface area contributed by atoms with Crippen molar-refractivity contribution in [3.8, 4) is 0 Å². The van der Waals surface area contributed by atoms with Crippen LogP contribution in [0, 0.1) is 0 Å². The van der Waals surface area contributed by atoms with Crippen LogP contribution in [0.25, 0.3) is 0 Å². The van der Waals surface area contributed by atoms with E-state index >= 15 is 0 Å². The van der Waals surface area contributed by atoms with E-state index in [1.54, 1.807) is 19.2 Å². The van der Waals surface area contributed by atoms with Crippen LogP contribution in [0.1, 0.15) is 12.0 Å². The molecule has 0 atom stereocenters. The van der Waals surface area contributed by atoms with Crippen molar-refractivity contribution in [1.29, 1.82) is 0 Å². The Morgan fingerprint density at radius 2 is 2.00 bits per heavy atom. The first-order valence-electron chi connectivity index (χ1n) is 4.94. The lowest BCUT2D eigenvalue weighted by molar-refractivity contribution is -0.128. The minimum atomic E-state index is -0.0137. The predicted octanol–water partition coefficient (Wildman–Crippen LogP) is 2.46. The van der Waals surface area contributed by atoms with Gasteiger partial charge in [-0.05, 0) is 18.2 Å². The Bertz CT molecular complexity index is 462. The van der Waals surface area contributed by atoms with Crippen LogP contribution in [0.15, 0.2) is 41.5 Å². The van der Waals surface area contributed by atoms with E-state index in [2.05, 4.69) is 5.10 Å². The molecule has 0 radical (unpaired) electrons. The third-order valence-corrected chi connectivity index (χ3v) is 2.58. The Morgan fingerprint density at radius 3 is 2.69 bits per heavy atom. The maximum Gasteiger partial charge on any atom is 0.246 e. The molecule has 0 saturated carbocycles. The SMILES string of the molecule is CN1N=C(c2ccc(Cl)cc2)C=CCC1=O. The molecule has 0 fully saturated rings. The minimum absolute atomic E-state index is 0.0137. The highest BCUT2D eigenvalue weighted by Crippen LogP contribution is 2.13. The molecule has 1 aliphatic heterocycles. The molecule has 0 bridgehead atoms. The van der Waals surface area contributed by atoms with Crippen molar-refractivity contribution in [2.75, 3.05) is 7.05 Å². The number of hydrazone groups is 1. The smallest absolute Gasteiger partial charge is 0.246 e. The molecule has 0 aliphatic carbocycles. The van der Waals surface area contributed by atoms with E-state index in [9.17, 15) is 4.79 Å². The van der Waals surface area contributed by atoms with Crippen LogP contribution in [-0.2, 0) is 4.79 Å². The van der Waals surface area contributed by atoms with E-state index in [1.807, 2.05) is 24.3 Å². The number of hydrogen-bond donors (Lipinski definition) is 0. The molecule has 1 aromatic rings. The van der Waals surface area contributed by atoms with Gasteiger partial charge in [0, 0.05) is 24.1 Å². The zero-order valence-electron chi connectivity index (χ0n) is 8.85. The summed E-state index contributed by atoms with van der Waals surface area (Å²) in [6, 6.07) is 7.38. The molecule has 16 heavy (non-hydrogen) atoms. The number of rotatable bonds is 1. The summed E-state index contributed by atoms with van der Waals surface area (Å²) in [5, 5.41) is 6.28. The van der Waals surface area contributed by atoms with Crippen molar-refractivity contribution in [3.63, 3.8) is 0 Å². The first kappa shape index (κ1) is 10.9. The van der Waals surface area contributed by atoms with Crippen LogP contribution >= 0.6 is 11.6 Å². The summed E-state index contributed by atoms with van der Waals surface area (Å²) in [5.41, 5.74) is 1.72. The summed E-state index contributed by atoms with van der Waals surface area (Å²) < 4.78 is 0. The van der Waals surface area contributed by atoms with Crippen LogP contribution in [-0.4, -0.2) is 23.7 Å². The van der Waals surface area contributed by atoms with Gasteiger partial charge in [0.2, 0.25) is 5.91 Å². The van der Waals surface area contributed by atoms with Gasteiger partial charge in [0.25, 0.3) is 0 Å². The standard InChI is InChI=1S/C12H11ClN2O/c1-15-12(16)4-2-3-11(14-15)9-5-7-10(13)8-6-9/h2-3,5-8H,4H2,1H3. The second kappa shape index (κ2) is 4.49. The van der Waals surface area contributed by atoms with Gasteiger partial charge in [-0.25, -0.2) is 5.01 Å². The third-order valence-electron chi connectivity index (χ3n) is 2.33. The second-order valence-electron chi connectivity index (χ2n) is 3.52. The normalized spacial score (nSPS) is 16.0. The molecule has 82 valence electrons. The van der Waals surface area contributed by atoms with Gasteiger partial charge in [-0.3, -0.25) is 4.79 Å². The zero-order chi connectivity index (χ0) is 11.5. The van der Waals surface area contributed by atoms with Crippen LogP contribution in [0.3, 0.4) is 0 Å². The number of benzene rings is 1. The summed E-state index contributed by atoms with van der Waals surface area (Å²) in [5.74, 6) is -0.0137. The van der Waals surface area contributed by atoms with Gasteiger partial charge in [-0.2, -0.15) is 5.10 Å². The van der Waals surface area contributed by atoms with Crippen LogP contribution in [0.4, 0.5) is 0 Å². The van der Waals surface area contributed by atoms with E-state index in [0.29, 0.717) is 11.4 Å². The number of amides is 1. The molecule has 2 rings (SSSR count). The Hall–Kier alpha value is -1.61. The lowest BCUT2D eigenvalue weighted by Crippen LogP contribution is -2.20. The molecule has 0 N–H and O–H groups in total. The number of allylic oxidation sites excluding steroid dienone is 1. The molecular weight excluding hydrogens is 224 g/mol. The van der Waals surface area contributed by atoms with Gasteiger partial charge in [-0.1, -0.05) is 29.8 Å². The first-order chi connectivity index (χ1) is 7.66. The van der Waals surface area contributed by atoms with Gasteiger partial charge in [0.1, 0.15) is 0 Å². The van der Waals surface area contributed by atoms with Crippen molar-refractivity contribution in [3.05, 3.63) is 47.0 Å². The van der Waals surface area contributed by atoms with Gasteiger partial charge in [0.15, 0.2) is 0 Å². The summed E-state index contributed by atoms with van der Waals surface area (Å²) in [7, 11) is 1.66. The second-order valence-corrected chi connectivity index (χ2v) is 3.95. The predicted molar refractivity (Wildman–Crippen MR) is 64.5 cm³/mol. The third kappa shape index (κ3) is 2.31. The lowest BCUT2D eigenvalue weighted by atomic mass is 10.1. The zero-order valence-corrected chi connectivity index (χ0v) is 9.61. The Kier molecular flexibility index (Phi) is 3.06. The summed E-state index contributed by atoms with van der Waals surface area (Å²) in [4.78, 5) is 11.4. The van der Waals surface area contributed by atoms with Gasteiger partial charge < -0.3 is 0 Å². The largest absolute Gasteiger partial charge is 0.273 e. The maximum atomic E-state index is 11.4. The summed E-state index contributed by atoms with van der Waals surface area (Å²) >= 11 is 5.81. The highest BCUT2D eigenvalue weighted by atomic mass is 35.5. The highest BCUT2D eigenvalue weighted by Gasteiger charge is 2.11. The molecule has 0 saturated heterocycles. The Morgan fingerprint density at radius 1 is 1.31 bits per heavy atom. The number of nitrogens with zero attached hydrogens (tertiary/aromatic N) is 2. The first-order valence-corrected chi connectivity index (χ1v) is 5.32. The molecule has 0 aromatic heterocycles. The van der Waals surface area contributed by atoms with Crippen molar-refractivity contribution in [2.45, 2.75) is 6.42 Å². The van der Waals surface area contributed by atoms with Crippen molar-refractivity contribution >= 4 is 23.2 Å². The van der Waals surface area contributed by atoms with Gasteiger partial charge >= 0.3 is 0 Å². The molecule has 1 aromatic carbocycles. The summed E-state index contributed by atoms with van der Waals surface area (Å²) in [6.45, 7) is 0. The molecule has 1 amide bonds. The minimum Gasteiger partial charge on any atom is -0.273 e. The monoisotopic (exact) mass is 234 g/mol. The maximum absolute atomic E-state index is 11.4. The summed E-state index contributed by atoms with van der Waals surface area (Å²) in [6.07, 6.45) is 4.06. The van der Waals surface area contributed by atoms with Gasteiger partial charge in [0.05, 0.1) is 5.71 Å². The fourth-order valence-corrected chi connectivity index (χ4v) is 1.55. The molecule has 4 heteroatoms. The lowest BCUT2D eigenvalue weighted by Gasteiger charge is -2.09. The number of halogens is 1. The van der Waals surface area contributed by atoms with Crippen molar-refractivity contribution < 1.29 is 4.79 Å². The molecule has 0 unspecified atom stereocenters. The van der Waals surface area contributed by atoms with Crippen molar-refractivity contribution in [1.82, 2.24) is 5.01 Å². The molecule has 1 aliphatic rings. The quantitative estimate of drug-likeness (QED) is 0.735. The highest BCUT2D eigenvalue weighted by molar-refractivity contribution is 6.30. The topological polar surface area (TPSA) is 32.7 Å². The van der Waals surface area contributed by atoms with E-state index in [0.717, 1.165) is 11.3 Å². The number of hydrogen-bond acceptors (Lipinski definition) is 2. The van der Waals surface area contributed by atoms with Gasteiger partial charge in [-0.15, -0.1) is 0 Å². The number of carbonyl (C=O) groups is 1. The molecule has 3 nitrogen and oxygen atoms in total. The molecule has 0 spiro atoms. The van der Waals surface area contributed by atoms with Crippen molar-refractivity contribution in [2.24, 2.45) is 5.10 Å². The Labute approximate surface area is 99.0 Å². The van der Waals surface area contributed by atoms with Crippen LogP contribution in [0.5, 0.6) is 0 Å². The average molecular weight is 235 g/mol. The van der Waals surface area contributed by atoms with Crippen LogP contribution in [0.2, 0.25) is 5.02 Å².